The zero-order valence-electron chi connectivity index (χ0n) is 16.2. The fourth-order valence-corrected chi connectivity index (χ4v) is 2.48. The van der Waals surface area contributed by atoms with Crippen LogP contribution < -0.4 is 5.32 Å². The number of furan rings is 1. The Morgan fingerprint density at radius 2 is 1.79 bits per heavy atom. The second-order valence-corrected chi connectivity index (χ2v) is 6.52. The maximum atomic E-state index is 12.4. The molecule has 0 spiro atoms. The molecule has 0 aliphatic rings. The molecular formula is C22H25NO5. The molecule has 0 fully saturated rings. The third-order valence-corrected chi connectivity index (χ3v) is 4.08. The third-order valence-electron chi connectivity index (χ3n) is 4.08. The number of hydrogen-bond donors (Lipinski definition) is 2. The van der Waals surface area contributed by atoms with E-state index >= 15 is 0 Å². The Balaban J connectivity index is 1.96. The summed E-state index contributed by atoms with van der Waals surface area (Å²) >= 11 is 0. The number of esters is 1. The quantitative estimate of drug-likeness (QED) is 0.539. The number of carbonyl (C=O) groups excluding carboxylic acids is 2. The summed E-state index contributed by atoms with van der Waals surface area (Å²) in [5.41, 5.74) is 1.39. The van der Waals surface area contributed by atoms with E-state index in [1.54, 1.807) is 30.3 Å². The highest BCUT2D eigenvalue weighted by Gasteiger charge is 2.25. The van der Waals surface area contributed by atoms with Gasteiger partial charge in [0.2, 0.25) is 0 Å². The molecule has 0 saturated heterocycles. The van der Waals surface area contributed by atoms with Crippen LogP contribution in [0.1, 0.15) is 41.3 Å². The van der Waals surface area contributed by atoms with E-state index in [9.17, 15) is 9.59 Å². The first kappa shape index (κ1) is 21.2. The van der Waals surface area contributed by atoms with Crippen LogP contribution in [0.4, 0.5) is 0 Å². The molecule has 0 radical (unpaired) electrons. The van der Waals surface area contributed by atoms with Gasteiger partial charge in [0.25, 0.3) is 5.91 Å². The lowest BCUT2D eigenvalue weighted by molar-refractivity contribution is -0.144. The van der Waals surface area contributed by atoms with Crippen LogP contribution in [0.25, 0.3) is 12.2 Å². The number of amides is 1. The Bertz CT molecular complexity index is 846. The highest BCUT2D eigenvalue weighted by molar-refractivity contribution is 5.97. The Hall–Kier alpha value is -3.12. The van der Waals surface area contributed by atoms with Crippen molar-refractivity contribution in [2.24, 2.45) is 5.92 Å². The lowest BCUT2D eigenvalue weighted by atomic mass is 10.0. The molecule has 1 aromatic carbocycles. The molecule has 148 valence electrons. The number of aliphatic hydroxyl groups excluding tert-OH is 1. The number of ether oxygens (including phenoxy) is 1. The van der Waals surface area contributed by atoms with Gasteiger partial charge in [0.05, 0.1) is 7.11 Å². The van der Waals surface area contributed by atoms with Gasteiger partial charge in [-0.2, -0.15) is 0 Å². The molecule has 1 amide bonds. The van der Waals surface area contributed by atoms with Crippen molar-refractivity contribution in [1.82, 2.24) is 5.32 Å². The van der Waals surface area contributed by atoms with Crippen molar-refractivity contribution in [1.29, 1.82) is 0 Å². The van der Waals surface area contributed by atoms with E-state index in [0.29, 0.717) is 17.1 Å². The number of carbonyl (C=O) groups is 2. The van der Waals surface area contributed by atoms with Crippen molar-refractivity contribution in [2.45, 2.75) is 26.5 Å². The summed E-state index contributed by atoms with van der Waals surface area (Å²) in [4.78, 5) is 24.1. The van der Waals surface area contributed by atoms with Crippen molar-refractivity contribution in [3.8, 4) is 0 Å². The summed E-state index contributed by atoms with van der Waals surface area (Å²) in [5.74, 6) is 0.317. The maximum absolute atomic E-state index is 12.4. The van der Waals surface area contributed by atoms with Crippen LogP contribution in [0, 0.1) is 5.92 Å². The fourth-order valence-electron chi connectivity index (χ4n) is 2.48. The van der Waals surface area contributed by atoms with Gasteiger partial charge in [0.1, 0.15) is 24.2 Å². The highest BCUT2D eigenvalue weighted by atomic mass is 16.5. The number of benzene rings is 1. The molecule has 28 heavy (non-hydrogen) atoms. The molecular weight excluding hydrogens is 358 g/mol. The normalized spacial score (nSPS) is 12.6. The zero-order valence-corrected chi connectivity index (χ0v) is 16.2. The van der Waals surface area contributed by atoms with Crippen LogP contribution in [-0.4, -0.2) is 30.1 Å². The maximum Gasteiger partial charge on any atom is 0.328 e. The molecule has 0 aliphatic heterocycles. The zero-order chi connectivity index (χ0) is 20.5. The molecule has 0 bridgehead atoms. The standard InChI is InChI=1S/C22H25NO5/c1-15(2)20(22(26)27-3)23-21(25)17-10-8-16(9-11-17)6-4-5-7-18-12-13-19(14-24)28-18/h4-13,15,20,24H,14H2,1-3H3,(H,23,25)/b6-4+,7-5+/t20-/m0/s1. The van der Waals surface area contributed by atoms with Crippen LogP contribution in [0.3, 0.4) is 0 Å². The SMILES string of the molecule is COC(=O)[C@@H](NC(=O)c1ccc(/C=C/C=C/c2ccc(CO)o2)cc1)C(C)C. The van der Waals surface area contributed by atoms with Gasteiger partial charge >= 0.3 is 5.97 Å². The Kier molecular flexibility index (Phi) is 7.77. The second-order valence-electron chi connectivity index (χ2n) is 6.52. The van der Waals surface area contributed by atoms with E-state index in [1.165, 1.54) is 7.11 Å². The van der Waals surface area contributed by atoms with Crippen molar-refractivity contribution in [3.05, 3.63) is 71.2 Å². The molecule has 0 unspecified atom stereocenters. The van der Waals surface area contributed by atoms with Crippen molar-refractivity contribution < 1.29 is 23.8 Å². The highest BCUT2D eigenvalue weighted by Crippen LogP contribution is 2.11. The van der Waals surface area contributed by atoms with Gasteiger partial charge in [0, 0.05) is 5.56 Å². The number of nitrogens with one attached hydrogen (secondary N) is 1. The van der Waals surface area contributed by atoms with Gasteiger partial charge in [0.15, 0.2) is 0 Å². The second kappa shape index (κ2) is 10.3. The minimum Gasteiger partial charge on any atom is -0.467 e. The van der Waals surface area contributed by atoms with Crippen molar-refractivity contribution >= 4 is 24.0 Å². The van der Waals surface area contributed by atoms with Crippen LogP contribution in [0.5, 0.6) is 0 Å². The number of methoxy groups -OCH3 is 1. The largest absolute Gasteiger partial charge is 0.467 e. The van der Waals surface area contributed by atoms with Crippen molar-refractivity contribution in [2.75, 3.05) is 7.11 Å². The van der Waals surface area contributed by atoms with Gasteiger partial charge in [-0.3, -0.25) is 4.79 Å². The summed E-state index contributed by atoms with van der Waals surface area (Å²) in [6.07, 6.45) is 7.35. The summed E-state index contributed by atoms with van der Waals surface area (Å²) in [6.45, 7) is 3.56. The number of hydrogen-bond acceptors (Lipinski definition) is 5. The Morgan fingerprint density at radius 3 is 2.36 bits per heavy atom. The van der Waals surface area contributed by atoms with E-state index in [2.05, 4.69) is 5.32 Å². The fraction of sp³-hybridized carbons (Fsp3) is 0.273. The smallest absolute Gasteiger partial charge is 0.328 e. The average Bonchev–Trinajstić information content (AvgIpc) is 3.17. The monoisotopic (exact) mass is 383 g/mol. The number of rotatable bonds is 8. The summed E-state index contributed by atoms with van der Waals surface area (Å²) in [7, 11) is 1.30. The van der Waals surface area contributed by atoms with Gasteiger partial charge < -0.3 is 19.6 Å². The number of aliphatic hydroxyl groups is 1. The van der Waals surface area contributed by atoms with Crippen LogP contribution >= 0.6 is 0 Å². The molecule has 2 aromatic rings. The minimum atomic E-state index is -0.685. The molecule has 0 aliphatic carbocycles. The molecule has 1 aromatic heterocycles. The van der Waals surface area contributed by atoms with Crippen molar-refractivity contribution in [3.63, 3.8) is 0 Å². The number of allylic oxidation sites excluding steroid dienone is 2. The van der Waals surface area contributed by atoms with Gasteiger partial charge in [-0.25, -0.2) is 4.79 Å². The van der Waals surface area contributed by atoms with Gasteiger partial charge in [-0.15, -0.1) is 0 Å². The van der Waals surface area contributed by atoms with Crippen LogP contribution in [0.15, 0.2) is 53.0 Å². The topological polar surface area (TPSA) is 88.8 Å². The molecule has 6 heteroatoms. The Morgan fingerprint density at radius 1 is 1.11 bits per heavy atom. The molecule has 2 N–H and O–H groups in total. The summed E-state index contributed by atoms with van der Waals surface area (Å²) in [5, 5.41) is 11.7. The summed E-state index contributed by atoms with van der Waals surface area (Å²) < 4.78 is 10.1. The summed E-state index contributed by atoms with van der Waals surface area (Å²) in [6, 6.07) is 9.85. The first-order valence-corrected chi connectivity index (χ1v) is 8.97. The lowest BCUT2D eigenvalue weighted by Crippen LogP contribution is -2.45. The predicted octanol–water partition coefficient (Wildman–Crippen LogP) is 3.43. The van der Waals surface area contributed by atoms with E-state index in [-0.39, 0.29) is 18.4 Å². The first-order valence-electron chi connectivity index (χ1n) is 8.97. The van der Waals surface area contributed by atoms with E-state index in [4.69, 9.17) is 14.3 Å². The van der Waals surface area contributed by atoms with E-state index in [0.717, 1.165) is 5.56 Å². The predicted molar refractivity (Wildman–Crippen MR) is 107 cm³/mol. The minimum absolute atomic E-state index is 0.0759. The molecule has 0 saturated carbocycles. The van der Waals surface area contributed by atoms with E-state index < -0.39 is 12.0 Å². The van der Waals surface area contributed by atoms with Crippen LogP contribution in [0.2, 0.25) is 0 Å². The third kappa shape index (κ3) is 5.96. The molecule has 6 nitrogen and oxygen atoms in total. The molecule has 1 heterocycles. The van der Waals surface area contributed by atoms with Gasteiger partial charge in [-0.1, -0.05) is 44.2 Å². The Labute approximate surface area is 164 Å². The first-order chi connectivity index (χ1) is 13.4. The lowest BCUT2D eigenvalue weighted by Gasteiger charge is -2.19. The average molecular weight is 383 g/mol. The van der Waals surface area contributed by atoms with Gasteiger partial charge in [-0.05, 0) is 41.8 Å². The molecule has 1 atom stereocenters. The van der Waals surface area contributed by atoms with Crippen LogP contribution in [-0.2, 0) is 16.1 Å². The molecule has 2 rings (SSSR count). The van der Waals surface area contributed by atoms with E-state index in [1.807, 2.05) is 44.2 Å².